The van der Waals surface area contributed by atoms with Crippen molar-refractivity contribution in [1.82, 2.24) is 35.3 Å². The number of hydrogen-bond donors (Lipinski definition) is 3. The molecule has 2 aromatic carbocycles. The SMILES string of the molecule is Cc1ncsc1-c1ccc([C@H](C)NC(=O)[C@@H]2C[C@@H](O)CN2C(=O)[C@@H](NC(=O)CCCOc2ccc(C3=N[C@@H](C)c4nnc(C)n4-c4sc(C)c(C)c43)cc2)C(C)(C)C)cc1. The van der Waals surface area contributed by atoms with Crippen molar-refractivity contribution in [2.45, 2.75) is 112 Å². The smallest absolute Gasteiger partial charge is 0.246 e. The van der Waals surface area contributed by atoms with Gasteiger partial charge in [0, 0.05) is 35.4 Å². The van der Waals surface area contributed by atoms with Crippen LogP contribution in [0, 0.1) is 33.1 Å². The van der Waals surface area contributed by atoms with Crippen LogP contribution in [0.2, 0.25) is 0 Å². The zero-order valence-corrected chi connectivity index (χ0v) is 37.3. The zero-order valence-electron chi connectivity index (χ0n) is 35.7. The summed E-state index contributed by atoms with van der Waals surface area (Å²) in [6.07, 6.45) is -0.182. The van der Waals surface area contributed by atoms with E-state index in [4.69, 9.17) is 9.73 Å². The number of nitrogens with zero attached hydrogens (tertiary/aromatic N) is 6. The second-order valence-corrected chi connectivity index (χ2v) is 19.0. The lowest BCUT2D eigenvalue weighted by atomic mass is 9.85. The maximum Gasteiger partial charge on any atom is 0.246 e. The lowest BCUT2D eigenvalue weighted by Crippen LogP contribution is -2.57. The van der Waals surface area contributed by atoms with E-state index in [0.717, 1.165) is 55.2 Å². The van der Waals surface area contributed by atoms with Crippen LogP contribution in [-0.2, 0) is 14.4 Å². The van der Waals surface area contributed by atoms with Gasteiger partial charge in [-0.25, -0.2) is 4.98 Å². The van der Waals surface area contributed by atoms with E-state index >= 15 is 0 Å². The summed E-state index contributed by atoms with van der Waals surface area (Å²) in [7, 11) is 0. The van der Waals surface area contributed by atoms with Gasteiger partial charge in [-0.1, -0.05) is 45.0 Å². The topological polar surface area (TPSA) is 164 Å². The molecule has 3 N–H and O–H groups in total. The molecule has 13 nitrogen and oxygen atoms in total. The monoisotopic (exact) mass is 850 g/mol. The van der Waals surface area contributed by atoms with Crippen LogP contribution in [0.25, 0.3) is 15.4 Å². The molecule has 0 saturated carbocycles. The molecule has 1 fully saturated rings. The van der Waals surface area contributed by atoms with Crippen LogP contribution in [0.1, 0.15) is 110 Å². The average molecular weight is 851 g/mol. The number of likely N-dealkylation sites (tertiary alicyclic amines) is 1. The van der Waals surface area contributed by atoms with Crippen LogP contribution in [0.4, 0.5) is 0 Å². The van der Waals surface area contributed by atoms with Gasteiger partial charge in [0.1, 0.15) is 34.7 Å². The fraction of sp³-hybridized carbons (Fsp3) is 0.444. The quantitative estimate of drug-likeness (QED) is 0.112. The van der Waals surface area contributed by atoms with Crippen molar-refractivity contribution in [2.75, 3.05) is 13.2 Å². The molecule has 0 radical (unpaired) electrons. The predicted molar refractivity (Wildman–Crippen MR) is 235 cm³/mol. The highest BCUT2D eigenvalue weighted by atomic mass is 32.1. The first-order valence-electron chi connectivity index (χ1n) is 20.4. The number of carbonyl (C=O) groups is 3. The van der Waals surface area contributed by atoms with Crippen LogP contribution in [-0.4, -0.2) is 84.5 Å². The molecule has 3 aromatic heterocycles. The molecule has 316 valence electrons. The van der Waals surface area contributed by atoms with Gasteiger partial charge in [0.25, 0.3) is 0 Å². The van der Waals surface area contributed by atoms with Gasteiger partial charge in [-0.15, -0.1) is 32.9 Å². The second kappa shape index (κ2) is 17.4. The highest BCUT2D eigenvalue weighted by Crippen LogP contribution is 2.39. The number of thiazole rings is 1. The minimum absolute atomic E-state index is 0.00551. The number of aromatic nitrogens is 4. The molecule has 2 aliphatic heterocycles. The highest BCUT2D eigenvalue weighted by molar-refractivity contribution is 7.15. The van der Waals surface area contributed by atoms with Crippen LogP contribution < -0.4 is 15.4 Å². The number of aryl methyl sites for hydroxylation is 3. The Morgan fingerprint density at radius 2 is 1.68 bits per heavy atom. The Morgan fingerprint density at radius 3 is 2.35 bits per heavy atom. The Hall–Kier alpha value is -5.25. The summed E-state index contributed by atoms with van der Waals surface area (Å²) in [6, 6.07) is 13.5. The number of rotatable bonds is 12. The first-order valence-corrected chi connectivity index (χ1v) is 22.1. The van der Waals surface area contributed by atoms with Crippen molar-refractivity contribution in [3.8, 4) is 21.2 Å². The molecule has 3 amide bonds. The van der Waals surface area contributed by atoms with Crippen LogP contribution in [0.15, 0.2) is 59.0 Å². The molecule has 7 rings (SSSR count). The number of hydrogen-bond acceptors (Lipinski definition) is 11. The van der Waals surface area contributed by atoms with E-state index in [1.807, 2.05) is 103 Å². The summed E-state index contributed by atoms with van der Waals surface area (Å²) in [4.78, 5) is 54.3. The minimum Gasteiger partial charge on any atom is -0.494 e. The van der Waals surface area contributed by atoms with E-state index in [1.165, 1.54) is 15.3 Å². The number of β-amino-alcohol motifs (C(OH)–C–C–N with tert-alkyl or cyclic N) is 1. The van der Waals surface area contributed by atoms with Gasteiger partial charge in [0.15, 0.2) is 5.82 Å². The number of thiophene rings is 1. The Labute approximate surface area is 359 Å². The van der Waals surface area contributed by atoms with E-state index < -0.39 is 29.5 Å². The Bertz CT molecular complexity index is 2410. The number of aliphatic imine (C=N–C) groups is 1. The normalized spacial score (nSPS) is 18.5. The maximum absolute atomic E-state index is 14.1. The molecule has 0 bridgehead atoms. The molecule has 0 aliphatic carbocycles. The molecule has 1 saturated heterocycles. The van der Waals surface area contributed by atoms with Crippen molar-refractivity contribution in [3.63, 3.8) is 0 Å². The molecule has 5 heterocycles. The van der Waals surface area contributed by atoms with Gasteiger partial charge in [0.05, 0.1) is 40.5 Å². The molecule has 5 atom stereocenters. The van der Waals surface area contributed by atoms with Crippen LogP contribution in [0.5, 0.6) is 5.75 Å². The first-order chi connectivity index (χ1) is 28.5. The fourth-order valence-electron chi connectivity index (χ4n) is 7.86. The predicted octanol–water partition coefficient (Wildman–Crippen LogP) is 7.13. The molecule has 5 aromatic rings. The largest absolute Gasteiger partial charge is 0.494 e. The number of aliphatic hydroxyl groups is 1. The van der Waals surface area contributed by atoms with Crippen molar-refractivity contribution < 1.29 is 24.2 Å². The maximum atomic E-state index is 14.1. The molecular formula is C45H54N8O5S2. The third kappa shape index (κ3) is 8.79. The van der Waals surface area contributed by atoms with Gasteiger partial charge >= 0.3 is 0 Å². The van der Waals surface area contributed by atoms with Crippen molar-refractivity contribution in [3.05, 3.63) is 98.5 Å². The van der Waals surface area contributed by atoms with E-state index in [1.54, 1.807) is 22.7 Å². The Kier molecular flexibility index (Phi) is 12.4. The number of benzene rings is 2. The van der Waals surface area contributed by atoms with Gasteiger partial charge in [-0.05, 0) is 94.3 Å². The van der Waals surface area contributed by atoms with E-state index in [2.05, 4.69) is 44.2 Å². The zero-order chi connectivity index (χ0) is 43.0. The average Bonchev–Trinajstić information content (AvgIpc) is 3.98. The summed E-state index contributed by atoms with van der Waals surface area (Å²) in [6.45, 7) is 18.0. The number of carbonyl (C=O) groups excluding carboxylic acids is 3. The minimum atomic E-state index is -0.912. The first kappa shape index (κ1) is 42.9. The standard InChI is InChI=1S/C45H54N8O5S2/c1-24-28(5)60-44-37(24)38(47-27(4)41-51-50-29(6)53(41)44)31-16-18-34(19-17-31)58-20-10-11-36(55)49-40(45(7,8)9)43(57)52-22-33(54)21-35(52)42(56)48-25(2)30-12-14-32(15-13-30)39-26(3)46-23-59-39/h12-19,23,25,27,33,35,40,54H,10-11,20-22H2,1-9H3,(H,48,56)(H,49,55)/t25-,27-,33+,35-,40+/m0/s1. The van der Waals surface area contributed by atoms with Crippen molar-refractivity contribution in [2.24, 2.45) is 10.4 Å². The summed E-state index contributed by atoms with van der Waals surface area (Å²) < 4.78 is 8.17. The second-order valence-electron chi connectivity index (χ2n) is 16.9. The van der Waals surface area contributed by atoms with Gasteiger partial charge in [-0.3, -0.25) is 23.9 Å². The summed E-state index contributed by atoms with van der Waals surface area (Å²) >= 11 is 3.30. The Balaban J connectivity index is 0.936. The van der Waals surface area contributed by atoms with Crippen LogP contribution in [0.3, 0.4) is 0 Å². The number of aliphatic hydroxyl groups excluding tert-OH is 1. The van der Waals surface area contributed by atoms with Crippen molar-refractivity contribution in [1.29, 1.82) is 0 Å². The third-order valence-corrected chi connectivity index (χ3v) is 13.5. The molecule has 0 spiro atoms. The molecule has 60 heavy (non-hydrogen) atoms. The summed E-state index contributed by atoms with van der Waals surface area (Å²) in [5.41, 5.74) is 8.25. The summed E-state index contributed by atoms with van der Waals surface area (Å²) in [5, 5.41) is 26.5. The van der Waals surface area contributed by atoms with E-state index in [0.29, 0.717) is 18.8 Å². The lowest BCUT2D eigenvalue weighted by molar-refractivity contribution is -0.144. The number of nitrogens with one attached hydrogen (secondary N) is 2. The highest BCUT2D eigenvalue weighted by Gasteiger charge is 2.44. The molecule has 0 unspecified atom stereocenters. The van der Waals surface area contributed by atoms with E-state index in [-0.39, 0.29) is 43.3 Å². The fourth-order valence-corrected chi connectivity index (χ4v) is 9.89. The van der Waals surface area contributed by atoms with Gasteiger partial charge < -0.3 is 25.4 Å². The lowest BCUT2D eigenvalue weighted by Gasteiger charge is -2.35. The summed E-state index contributed by atoms with van der Waals surface area (Å²) in [5.74, 6) is 1.28. The molecule has 2 aliphatic rings. The molecular weight excluding hydrogens is 797 g/mol. The van der Waals surface area contributed by atoms with Gasteiger partial charge in [0.2, 0.25) is 17.7 Å². The Morgan fingerprint density at radius 1 is 0.983 bits per heavy atom. The number of fused-ring (bicyclic) bond motifs is 3. The van der Waals surface area contributed by atoms with Gasteiger partial charge in [-0.2, -0.15) is 0 Å². The van der Waals surface area contributed by atoms with Crippen LogP contribution >= 0.6 is 22.7 Å². The molecule has 15 heteroatoms. The number of ether oxygens (including phenoxy) is 1. The van der Waals surface area contributed by atoms with E-state index in [9.17, 15) is 19.5 Å². The van der Waals surface area contributed by atoms with Crippen molar-refractivity contribution >= 4 is 46.1 Å². The number of amides is 3. The third-order valence-electron chi connectivity index (χ3n) is 11.4.